The van der Waals surface area contributed by atoms with Gasteiger partial charge in [0, 0.05) is 4.99 Å². The highest BCUT2D eigenvalue weighted by Gasteiger charge is 2.02. The molecule has 0 fully saturated rings. The number of halogens is 2. The van der Waals surface area contributed by atoms with E-state index in [0.29, 0.717) is 5.03 Å². The van der Waals surface area contributed by atoms with E-state index < -0.39 is 5.83 Å². The summed E-state index contributed by atoms with van der Waals surface area (Å²) in [5.74, 6) is -0.418. The molecule has 2 nitrogen and oxygen atoms in total. The summed E-state index contributed by atoms with van der Waals surface area (Å²) in [4.78, 5) is 9.01. The molecule has 12 heavy (non-hydrogen) atoms. The molecule has 0 atom stereocenters. The Kier molecular flexibility index (Phi) is 3.68. The molecule has 0 unspecified atom stereocenters. The van der Waals surface area contributed by atoms with Gasteiger partial charge < -0.3 is 0 Å². The fourth-order valence-electron chi connectivity index (χ4n) is 0.617. The highest BCUT2D eigenvalue weighted by atomic mass is 79.9. The minimum Gasteiger partial charge on any atom is -0.260 e. The third kappa shape index (κ3) is 2.28. The Balaban J connectivity index is 3.02. The van der Waals surface area contributed by atoms with Gasteiger partial charge in [0.05, 0.1) is 12.4 Å². The van der Waals surface area contributed by atoms with Gasteiger partial charge in [0.25, 0.3) is 0 Å². The van der Waals surface area contributed by atoms with Gasteiger partial charge in [-0.3, -0.25) is 4.98 Å². The van der Waals surface area contributed by atoms with Crippen LogP contribution in [0.5, 0.6) is 0 Å². The number of nitrogens with zero attached hydrogens (tertiary/aromatic N) is 2. The largest absolute Gasteiger partial charge is 0.260 e. The SMILES string of the molecule is CSc1cncc(/C(F)=C/Br)n1. The summed E-state index contributed by atoms with van der Waals surface area (Å²) in [6.07, 6.45) is 4.84. The second kappa shape index (κ2) is 4.57. The zero-order valence-corrected chi connectivity index (χ0v) is 8.69. The Labute approximate surface area is 82.4 Å². The third-order valence-electron chi connectivity index (χ3n) is 1.16. The molecule has 0 radical (unpaired) electrons. The predicted octanol–water partition coefficient (Wildman–Crippen LogP) is 2.86. The van der Waals surface area contributed by atoms with Crippen LogP contribution in [0.15, 0.2) is 22.4 Å². The lowest BCUT2D eigenvalue weighted by Gasteiger charge is -1.97. The molecule has 0 aliphatic carbocycles. The van der Waals surface area contributed by atoms with E-state index in [-0.39, 0.29) is 5.69 Å². The summed E-state index contributed by atoms with van der Waals surface area (Å²) in [7, 11) is 0. The van der Waals surface area contributed by atoms with Gasteiger partial charge in [0.15, 0.2) is 5.83 Å². The summed E-state index contributed by atoms with van der Waals surface area (Å²) >= 11 is 4.31. The minimum atomic E-state index is -0.418. The van der Waals surface area contributed by atoms with E-state index in [9.17, 15) is 4.39 Å². The lowest BCUT2D eigenvalue weighted by molar-refractivity contribution is 0.748. The van der Waals surface area contributed by atoms with Crippen molar-refractivity contribution in [3.63, 3.8) is 0 Å². The minimum absolute atomic E-state index is 0.249. The maximum Gasteiger partial charge on any atom is 0.157 e. The van der Waals surface area contributed by atoms with Crippen LogP contribution >= 0.6 is 27.7 Å². The first kappa shape index (κ1) is 9.67. The highest BCUT2D eigenvalue weighted by Crippen LogP contribution is 2.17. The molecule has 0 aromatic carbocycles. The maximum atomic E-state index is 12.9. The molecule has 0 N–H and O–H groups in total. The van der Waals surface area contributed by atoms with Crippen LogP contribution in [-0.4, -0.2) is 16.2 Å². The molecule has 1 rings (SSSR count). The van der Waals surface area contributed by atoms with Crippen LogP contribution < -0.4 is 0 Å². The van der Waals surface area contributed by atoms with Crippen LogP contribution in [0.4, 0.5) is 4.39 Å². The van der Waals surface area contributed by atoms with Crippen molar-refractivity contribution < 1.29 is 4.39 Å². The van der Waals surface area contributed by atoms with E-state index in [1.165, 1.54) is 22.9 Å². The third-order valence-corrected chi connectivity index (χ3v) is 2.18. The second-order valence-electron chi connectivity index (χ2n) is 1.90. The molecular formula is C7H6BrFN2S. The van der Waals surface area contributed by atoms with E-state index in [2.05, 4.69) is 25.9 Å². The fourth-order valence-corrected chi connectivity index (χ4v) is 1.21. The predicted molar refractivity (Wildman–Crippen MR) is 51.8 cm³/mol. The van der Waals surface area contributed by atoms with Crippen LogP contribution in [0.25, 0.3) is 5.83 Å². The van der Waals surface area contributed by atoms with Crippen molar-refractivity contribution in [1.29, 1.82) is 0 Å². The van der Waals surface area contributed by atoms with E-state index in [1.807, 2.05) is 6.26 Å². The van der Waals surface area contributed by atoms with Gasteiger partial charge in [-0.1, -0.05) is 15.9 Å². The average molecular weight is 249 g/mol. The number of hydrogen-bond acceptors (Lipinski definition) is 3. The first-order valence-corrected chi connectivity index (χ1v) is 5.24. The van der Waals surface area contributed by atoms with E-state index in [0.717, 1.165) is 0 Å². The van der Waals surface area contributed by atoms with Crippen molar-refractivity contribution in [3.05, 3.63) is 23.1 Å². The monoisotopic (exact) mass is 248 g/mol. The van der Waals surface area contributed by atoms with Crippen LogP contribution in [0, 0.1) is 0 Å². The Bertz CT molecular complexity index is 303. The Morgan fingerprint density at radius 1 is 1.67 bits per heavy atom. The van der Waals surface area contributed by atoms with Gasteiger partial charge in [-0.15, -0.1) is 11.8 Å². The van der Waals surface area contributed by atoms with E-state index in [4.69, 9.17) is 0 Å². The van der Waals surface area contributed by atoms with Crippen molar-refractivity contribution in [2.75, 3.05) is 6.26 Å². The smallest absolute Gasteiger partial charge is 0.157 e. The zero-order chi connectivity index (χ0) is 8.97. The molecule has 0 bridgehead atoms. The number of aromatic nitrogens is 2. The number of rotatable bonds is 2. The first-order valence-electron chi connectivity index (χ1n) is 3.10. The van der Waals surface area contributed by atoms with Crippen LogP contribution in [0.2, 0.25) is 0 Å². The lowest BCUT2D eigenvalue weighted by Crippen LogP contribution is -1.88. The van der Waals surface area contributed by atoms with Crippen molar-refractivity contribution >= 4 is 33.5 Å². The zero-order valence-electron chi connectivity index (χ0n) is 6.29. The average Bonchev–Trinajstić information content (AvgIpc) is 2.17. The standard InChI is InChI=1S/C7H6BrFN2S/c1-12-7-4-10-3-6(11-7)5(9)2-8/h2-4H,1H3/b5-2-. The molecular weight excluding hydrogens is 243 g/mol. The quantitative estimate of drug-likeness (QED) is 0.753. The molecule has 0 saturated heterocycles. The Morgan fingerprint density at radius 3 is 3.00 bits per heavy atom. The molecule has 1 aromatic rings. The van der Waals surface area contributed by atoms with Crippen molar-refractivity contribution in [2.24, 2.45) is 0 Å². The normalized spacial score (nSPS) is 11.8. The Hall–Kier alpha value is -0.420. The van der Waals surface area contributed by atoms with Gasteiger partial charge in [-0.2, -0.15) is 0 Å². The van der Waals surface area contributed by atoms with Gasteiger partial charge in [-0.05, 0) is 6.26 Å². The van der Waals surface area contributed by atoms with Gasteiger partial charge in [0.1, 0.15) is 10.7 Å². The fraction of sp³-hybridized carbons (Fsp3) is 0.143. The van der Waals surface area contributed by atoms with Crippen molar-refractivity contribution in [3.8, 4) is 0 Å². The highest BCUT2D eigenvalue weighted by molar-refractivity contribution is 9.11. The van der Waals surface area contributed by atoms with Crippen LogP contribution in [-0.2, 0) is 0 Å². The summed E-state index contributed by atoms with van der Waals surface area (Å²) in [5, 5.41) is 0.706. The summed E-state index contributed by atoms with van der Waals surface area (Å²) in [5.41, 5.74) is 0.249. The second-order valence-corrected chi connectivity index (χ2v) is 3.19. The van der Waals surface area contributed by atoms with Gasteiger partial charge >= 0.3 is 0 Å². The maximum absolute atomic E-state index is 12.9. The molecule has 0 aliphatic heterocycles. The lowest BCUT2D eigenvalue weighted by atomic mass is 10.4. The molecule has 0 saturated carbocycles. The number of thioether (sulfide) groups is 1. The van der Waals surface area contributed by atoms with Crippen molar-refractivity contribution in [2.45, 2.75) is 5.03 Å². The number of hydrogen-bond donors (Lipinski definition) is 0. The van der Waals surface area contributed by atoms with Crippen LogP contribution in [0.3, 0.4) is 0 Å². The summed E-state index contributed by atoms with van der Waals surface area (Å²) in [6, 6.07) is 0. The molecule has 0 spiro atoms. The van der Waals surface area contributed by atoms with Crippen molar-refractivity contribution in [1.82, 2.24) is 9.97 Å². The molecule has 1 heterocycles. The van der Waals surface area contributed by atoms with Crippen LogP contribution in [0.1, 0.15) is 5.69 Å². The first-order chi connectivity index (χ1) is 5.77. The molecule has 0 amide bonds. The topological polar surface area (TPSA) is 25.8 Å². The molecule has 0 aliphatic rings. The molecule has 5 heteroatoms. The van der Waals surface area contributed by atoms with E-state index in [1.54, 1.807) is 6.20 Å². The van der Waals surface area contributed by atoms with Gasteiger partial charge in [0.2, 0.25) is 0 Å². The van der Waals surface area contributed by atoms with Gasteiger partial charge in [-0.25, -0.2) is 9.37 Å². The van der Waals surface area contributed by atoms with E-state index >= 15 is 0 Å². The Morgan fingerprint density at radius 2 is 2.42 bits per heavy atom. The summed E-state index contributed by atoms with van der Waals surface area (Å²) in [6.45, 7) is 0. The molecule has 1 aromatic heterocycles. The molecule has 64 valence electrons. The summed E-state index contributed by atoms with van der Waals surface area (Å²) < 4.78 is 12.9.